The van der Waals surface area contributed by atoms with Gasteiger partial charge in [0.2, 0.25) is 0 Å². The molecule has 1 saturated heterocycles. The summed E-state index contributed by atoms with van der Waals surface area (Å²) in [7, 11) is 1.76. The lowest BCUT2D eigenvalue weighted by atomic mass is 9.85. The summed E-state index contributed by atoms with van der Waals surface area (Å²) in [5.74, 6) is 0. The summed E-state index contributed by atoms with van der Waals surface area (Å²) in [6, 6.07) is 8.65. The van der Waals surface area contributed by atoms with Crippen molar-refractivity contribution in [3.05, 3.63) is 35.4 Å². The molecule has 2 nitrogen and oxygen atoms in total. The van der Waals surface area contributed by atoms with Crippen molar-refractivity contribution in [3.8, 4) is 0 Å². The van der Waals surface area contributed by atoms with E-state index in [1.165, 1.54) is 36.9 Å². The van der Waals surface area contributed by atoms with Gasteiger partial charge in [-0.2, -0.15) is 0 Å². The number of nitrogens with one attached hydrogen (secondary N) is 1. The molecule has 17 heavy (non-hydrogen) atoms. The van der Waals surface area contributed by atoms with Crippen LogP contribution in [0.2, 0.25) is 0 Å². The molecule has 0 spiro atoms. The molecule has 1 atom stereocenters. The van der Waals surface area contributed by atoms with Crippen LogP contribution in [0.4, 0.5) is 0 Å². The van der Waals surface area contributed by atoms with Crippen molar-refractivity contribution in [1.29, 1.82) is 0 Å². The molecule has 1 aliphatic rings. The first-order chi connectivity index (χ1) is 8.29. The maximum atomic E-state index is 5.28. The normalized spacial score (nSPS) is 24.1. The fourth-order valence-electron chi connectivity index (χ4n) is 2.84. The van der Waals surface area contributed by atoms with E-state index in [1.807, 2.05) is 0 Å². The van der Waals surface area contributed by atoms with Crippen molar-refractivity contribution in [2.24, 2.45) is 0 Å². The summed E-state index contributed by atoms with van der Waals surface area (Å²) in [6.45, 7) is 4.17. The van der Waals surface area contributed by atoms with Gasteiger partial charge >= 0.3 is 0 Å². The van der Waals surface area contributed by atoms with E-state index in [0.717, 1.165) is 13.0 Å². The quantitative estimate of drug-likeness (QED) is 0.844. The molecule has 0 aromatic heterocycles. The topological polar surface area (TPSA) is 21.3 Å². The van der Waals surface area contributed by atoms with Gasteiger partial charge in [0, 0.05) is 12.6 Å². The Kier molecular flexibility index (Phi) is 4.19. The molecule has 1 unspecified atom stereocenters. The van der Waals surface area contributed by atoms with Crippen LogP contribution in [0.1, 0.15) is 37.3 Å². The van der Waals surface area contributed by atoms with Gasteiger partial charge in [-0.05, 0) is 43.4 Å². The Morgan fingerprint density at radius 2 is 2.06 bits per heavy atom. The van der Waals surface area contributed by atoms with Crippen LogP contribution in [-0.4, -0.2) is 19.2 Å². The first-order valence-corrected chi connectivity index (χ1v) is 6.60. The molecule has 1 aromatic rings. The van der Waals surface area contributed by atoms with Gasteiger partial charge in [-0.3, -0.25) is 0 Å². The van der Waals surface area contributed by atoms with E-state index in [4.69, 9.17) is 4.74 Å². The standard InChI is InChI=1S/C15H23NO/c1-3-15(9-6-10-16-15)11-13-7-4-5-8-14(13)12-17-2/h4-5,7-8,16H,3,6,9-12H2,1-2H3. The van der Waals surface area contributed by atoms with Gasteiger partial charge in [-0.15, -0.1) is 0 Å². The predicted octanol–water partition coefficient (Wildman–Crippen LogP) is 2.91. The lowest BCUT2D eigenvalue weighted by Gasteiger charge is -2.29. The van der Waals surface area contributed by atoms with Crippen LogP contribution in [0, 0.1) is 0 Å². The molecule has 1 fully saturated rings. The van der Waals surface area contributed by atoms with Gasteiger partial charge in [0.25, 0.3) is 0 Å². The van der Waals surface area contributed by atoms with Crippen LogP contribution in [-0.2, 0) is 17.8 Å². The highest BCUT2D eigenvalue weighted by molar-refractivity contribution is 5.28. The van der Waals surface area contributed by atoms with Crippen LogP contribution < -0.4 is 5.32 Å². The molecule has 0 bridgehead atoms. The van der Waals surface area contributed by atoms with E-state index in [-0.39, 0.29) is 0 Å². The highest BCUT2D eigenvalue weighted by atomic mass is 16.5. The lowest BCUT2D eigenvalue weighted by Crippen LogP contribution is -2.41. The number of hydrogen-bond donors (Lipinski definition) is 1. The van der Waals surface area contributed by atoms with Gasteiger partial charge in [0.1, 0.15) is 0 Å². The average Bonchev–Trinajstić information content (AvgIpc) is 2.81. The zero-order valence-corrected chi connectivity index (χ0v) is 11.0. The summed E-state index contributed by atoms with van der Waals surface area (Å²) in [5.41, 5.74) is 3.09. The molecular weight excluding hydrogens is 210 g/mol. The maximum Gasteiger partial charge on any atom is 0.0715 e. The smallest absolute Gasteiger partial charge is 0.0715 e. The van der Waals surface area contributed by atoms with Gasteiger partial charge in [-0.1, -0.05) is 31.2 Å². The summed E-state index contributed by atoms with van der Waals surface area (Å²) in [5, 5.41) is 3.70. The Hall–Kier alpha value is -0.860. The summed E-state index contributed by atoms with van der Waals surface area (Å²) in [4.78, 5) is 0. The molecule has 94 valence electrons. The largest absolute Gasteiger partial charge is 0.380 e. The van der Waals surface area contributed by atoms with Crippen molar-refractivity contribution in [1.82, 2.24) is 5.32 Å². The Bertz CT molecular complexity index is 356. The van der Waals surface area contributed by atoms with E-state index in [0.29, 0.717) is 5.54 Å². The van der Waals surface area contributed by atoms with E-state index < -0.39 is 0 Å². The SMILES string of the molecule is CCC1(Cc2ccccc2COC)CCCN1. The summed E-state index contributed by atoms with van der Waals surface area (Å²) >= 11 is 0. The first-order valence-electron chi connectivity index (χ1n) is 6.60. The predicted molar refractivity (Wildman–Crippen MR) is 71.1 cm³/mol. The van der Waals surface area contributed by atoms with Gasteiger partial charge in [0.05, 0.1) is 6.61 Å². The highest BCUT2D eigenvalue weighted by Crippen LogP contribution is 2.28. The third kappa shape index (κ3) is 2.88. The average molecular weight is 233 g/mol. The molecule has 1 aliphatic heterocycles. The third-order valence-electron chi connectivity index (χ3n) is 3.96. The molecule has 0 amide bonds. The molecule has 1 heterocycles. The van der Waals surface area contributed by atoms with Crippen LogP contribution in [0.25, 0.3) is 0 Å². The number of benzene rings is 1. The van der Waals surface area contributed by atoms with Gasteiger partial charge in [-0.25, -0.2) is 0 Å². The number of rotatable bonds is 5. The van der Waals surface area contributed by atoms with E-state index in [1.54, 1.807) is 7.11 Å². The summed E-state index contributed by atoms with van der Waals surface area (Å²) < 4.78 is 5.28. The van der Waals surface area contributed by atoms with Crippen molar-refractivity contribution in [2.45, 2.75) is 44.8 Å². The molecular formula is C15H23NO. The van der Waals surface area contributed by atoms with Gasteiger partial charge in [0.15, 0.2) is 0 Å². The second-order valence-corrected chi connectivity index (χ2v) is 5.04. The molecule has 1 aromatic carbocycles. The van der Waals surface area contributed by atoms with Gasteiger partial charge < -0.3 is 10.1 Å². The van der Waals surface area contributed by atoms with Crippen LogP contribution >= 0.6 is 0 Å². The zero-order valence-electron chi connectivity index (χ0n) is 11.0. The minimum atomic E-state index is 0.323. The van der Waals surface area contributed by atoms with Crippen LogP contribution in [0.3, 0.4) is 0 Å². The highest BCUT2D eigenvalue weighted by Gasteiger charge is 2.31. The fraction of sp³-hybridized carbons (Fsp3) is 0.600. The minimum absolute atomic E-state index is 0.323. The van der Waals surface area contributed by atoms with Crippen molar-refractivity contribution < 1.29 is 4.74 Å². The zero-order chi connectivity index (χ0) is 12.1. The molecule has 1 N–H and O–H groups in total. The second-order valence-electron chi connectivity index (χ2n) is 5.04. The Morgan fingerprint density at radius 3 is 2.65 bits per heavy atom. The molecule has 0 radical (unpaired) electrons. The Balaban J connectivity index is 2.16. The minimum Gasteiger partial charge on any atom is -0.380 e. The molecule has 2 heteroatoms. The number of hydrogen-bond acceptors (Lipinski definition) is 2. The molecule has 0 saturated carbocycles. The monoisotopic (exact) mass is 233 g/mol. The molecule has 2 rings (SSSR count). The number of ether oxygens (including phenoxy) is 1. The Morgan fingerprint density at radius 1 is 1.29 bits per heavy atom. The summed E-state index contributed by atoms with van der Waals surface area (Å²) in [6.07, 6.45) is 4.93. The van der Waals surface area contributed by atoms with E-state index in [9.17, 15) is 0 Å². The second kappa shape index (κ2) is 5.65. The van der Waals surface area contributed by atoms with Crippen LogP contribution in [0.5, 0.6) is 0 Å². The van der Waals surface area contributed by atoms with E-state index in [2.05, 4.69) is 36.5 Å². The van der Waals surface area contributed by atoms with Crippen molar-refractivity contribution in [2.75, 3.05) is 13.7 Å². The van der Waals surface area contributed by atoms with Crippen molar-refractivity contribution in [3.63, 3.8) is 0 Å². The first kappa shape index (κ1) is 12.6. The number of methoxy groups -OCH3 is 1. The Labute approximate surface area is 104 Å². The molecule has 0 aliphatic carbocycles. The van der Waals surface area contributed by atoms with Crippen LogP contribution in [0.15, 0.2) is 24.3 Å². The fourth-order valence-corrected chi connectivity index (χ4v) is 2.84. The van der Waals surface area contributed by atoms with E-state index >= 15 is 0 Å². The maximum absolute atomic E-state index is 5.28. The van der Waals surface area contributed by atoms with Crippen molar-refractivity contribution >= 4 is 0 Å². The lowest BCUT2D eigenvalue weighted by molar-refractivity contribution is 0.183. The third-order valence-corrected chi connectivity index (χ3v) is 3.96.